The Morgan fingerprint density at radius 2 is 2.24 bits per heavy atom. The van der Waals surface area contributed by atoms with Gasteiger partial charge in [-0.3, -0.25) is 4.79 Å². The smallest absolute Gasteiger partial charge is 0.227 e. The summed E-state index contributed by atoms with van der Waals surface area (Å²) in [6.07, 6.45) is 0.413. The third-order valence-corrected chi connectivity index (χ3v) is 4.03. The Kier molecular flexibility index (Phi) is 3.27. The Bertz CT molecular complexity index is 445. The average Bonchev–Trinajstić information content (AvgIpc) is 2.48. The zero-order valence-electron chi connectivity index (χ0n) is 9.98. The van der Waals surface area contributed by atoms with Gasteiger partial charge in [-0.1, -0.05) is 22.0 Å². The van der Waals surface area contributed by atoms with E-state index < -0.39 is 0 Å². The molecule has 1 aromatic carbocycles. The summed E-state index contributed by atoms with van der Waals surface area (Å²) in [6.45, 7) is 4.04. The molecule has 0 saturated carbocycles. The Morgan fingerprint density at radius 3 is 2.76 bits per heavy atom. The van der Waals surface area contributed by atoms with Crippen LogP contribution in [0.2, 0.25) is 0 Å². The highest BCUT2D eigenvalue weighted by Crippen LogP contribution is 2.39. The van der Waals surface area contributed by atoms with Gasteiger partial charge < -0.3 is 10.0 Å². The van der Waals surface area contributed by atoms with Gasteiger partial charge in [0.25, 0.3) is 0 Å². The Balaban J connectivity index is 2.41. The van der Waals surface area contributed by atoms with Crippen molar-refractivity contribution in [1.29, 1.82) is 0 Å². The fourth-order valence-corrected chi connectivity index (χ4v) is 2.82. The van der Waals surface area contributed by atoms with Crippen molar-refractivity contribution >= 4 is 27.5 Å². The van der Waals surface area contributed by atoms with Gasteiger partial charge in [0.05, 0.1) is 0 Å². The molecule has 1 unspecified atom stereocenters. The second-order valence-corrected chi connectivity index (χ2v) is 5.86. The molecular weight excluding hydrogens is 282 g/mol. The van der Waals surface area contributed by atoms with E-state index in [1.165, 1.54) is 0 Å². The summed E-state index contributed by atoms with van der Waals surface area (Å²) in [6, 6.07) is 7.69. The third-order valence-electron chi connectivity index (χ3n) is 3.53. The van der Waals surface area contributed by atoms with E-state index in [-0.39, 0.29) is 24.0 Å². The van der Waals surface area contributed by atoms with Crippen LogP contribution in [0.1, 0.15) is 20.3 Å². The molecule has 0 spiro atoms. The van der Waals surface area contributed by atoms with Crippen molar-refractivity contribution in [3.63, 3.8) is 0 Å². The fourth-order valence-electron chi connectivity index (χ4n) is 2.44. The number of aliphatic hydroxyl groups excluding tert-OH is 1. The van der Waals surface area contributed by atoms with Gasteiger partial charge in [0.2, 0.25) is 5.91 Å². The summed E-state index contributed by atoms with van der Waals surface area (Å²) in [5, 5.41) is 9.35. The maximum Gasteiger partial charge on any atom is 0.227 e. The van der Waals surface area contributed by atoms with Gasteiger partial charge in [-0.2, -0.15) is 0 Å². The standard InChI is InChI=1S/C13H16BrNO2/c1-13(2)9(8-16)6-12(17)15(13)11-5-3-4-10(14)7-11/h3-5,7,9,16H,6,8H2,1-2H3. The van der Waals surface area contributed by atoms with Crippen LogP contribution in [0.25, 0.3) is 0 Å². The van der Waals surface area contributed by atoms with Crippen LogP contribution < -0.4 is 4.90 Å². The molecule has 17 heavy (non-hydrogen) atoms. The summed E-state index contributed by atoms with van der Waals surface area (Å²) < 4.78 is 0.950. The molecule has 1 amide bonds. The molecule has 1 aromatic rings. The van der Waals surface area contributed by atoms with Crippen LogP contribution in [0.15, 0.2) is 28.7 Å². The molecule has 2 rings (SSSR count). The first-order valence-electron chi connectivity index (χ1n) is 5.66. The zero-order valence-corrected chi connectivity index (χ0v) is 11.6. The van der Waals surface area contributed by atoms with Gasteiger partial charge in [0, 0.05) is 34.6 Å². The fraction of sp³-hybridized carbons (Fsp3) is 0.462. The Morgan fingerprint density at radius 1 is 1.53 bits per heavy atom. The number of hydrogen-bond acceptors (Lipinski definition) is 2. The van der Waals surface area contributed by atoms with Crippen molar-refractivity contribution < 1.29 is 9.90 Å². The van der Waals surface area contributed by atoms with Gasteiger partial charge in [-0.05, 0) is 32.0 Å². The molecule has 4 heteroatoms. The maximum atomic E-state index is 12.1. The predicted octanol–water partition coefficient (Wildman–Crippen LogP) is 2.57. The first-order valence-corrected chi connectivity index (χ1v) is 6.45. The first-order chi connectivity index (χ1) is 7.96. The van der Waals surface area contributed by atoms with Crippen molar-refractivity contribution in [1.82, 2.24) is 0 Å². The normalized spacial score (nSPS) is 23.2. The van der Waals surface area contributed by atoms with E-state index >= 15 is 0 Å². The van der Waals surface area contributed by atoms with E-state index in [2.05, 4.69) is 15.9 Å². The van der Waals surface area contributed by atoms with Crippen LogP contribution in [0.3, 0.4) is 0 Å². The van der Waals surface area contributed by atoms with Gasteiger partial charge in [-0.15, -0.1) is 0 Å². The average molecular weight is 298 g/mol. The quantitative estimate of drug-likeness (QED) is 0.911. The highest BCUT2D eigenvalue weighted by Gasteiger charge is 2.46. The molecule has 1 fully saturated rings. The lowest BCUT2D eigenvalue weighted by Gasteiger charge is -2.35. The minimum absolute atomic E-state index is 0.00557. The van der Waals surface area contributed by atoms with E-state index in [1.54, 1.807) is 4.90 Å². The van der Waals surface area contributed by atoms with E-state index in [1.807, 2.05) is 38.1 Å². The molecule has 1 aliphatic rings. The van der Waals surface area contributed by atoms with Crippen LogP contribution >= 0.6 is 15.9 Å². The molecule has 1 heterocycles. The van der Waals surface area contributed by atoms with Gasteiger partial charge in [0.1, 0.15) is 0 Å². The summed E-state index contributed by atoms with van der Waals surface area (Å²) in [5.41, 5.74) is 0.539. The molecule has 92 valence electrons. The number of anilines is 1. The lowest BCUT2D eigenvalue weighted by Crippen LogP contribution is -2.45. The van der Waals surface area contributed by atoms with Crippen molar-refractivity contribution in [2.45, 2.75) is 25.8 Å². The molecule has 1 atom stereocenters. The highest BCUT2D eigenvalue weighted by atomic mass is 79.9. The number of hydrogen-bond donors (Lipinski definition) is 1. The van der Waals surface area contributed by atoms with Crippen molar-refractivity contribution in [2.24, 2.45) is 5.92 Å². The summed E-state index contributed by atoms with van der Waals surface area (Å²) >= 11 is 3.41. The van der Waals surface area contributed by atoms with Crippen LogP contribution in [0.5, 0.6) is 0 Å². The van der Waals surface area contributed by atoms with E-state index in [9.17, 15) is 9.90 Å². The molecule has 0 aromatic heterocycles. The summed E-state index contributed by atoms with van der Waals surface area (Å²) in [4.78, 5) is 13.9. The van der Waals surface area contributed by atoms with Crippen molar-refractivity contribution in [3.05, 3.63) is 28.7 Å². The molecular formula is C13H16BrNO2. The van der Waals surface area contributed by atoms with Gasteiger partial charge in [0.15, 0.2) is 0 Å². The molecule has 1 saturated heterocycles. The Labute approximate surface area is 110 Å². The number of carbonyl (C=O) groups excluding carboxylic acids is 1. The molecule has 1 aliphatic heterocycles. The number of aliphatic hydroxyl groups is 1. The largest absolute Gasteiger partial charge is 0.396 e. The van der Waals surface area contributed by atoms with E-state index in [0.29, 0.717) is 6.42 Å². The Hall–Kier alpha value is -0.870. The number of halogens is 1. The van der Waals surface area contributed by atoms with Crippen LogP contribution in [-0.4, -0.2) is 23.2 Å². The van der Waals surface area contributed by atoms with Gasteiger partial charge >= 0.3 is 0 Å². The molecule has 0 aliphatic carbocycles. The highest BCUT2D eigenvalue weighted by molar-refractivity contribution is 9.10. The zero-order chi connectivity index (χ0) is 12.6. The van der Waals surface area contributed by atoms with Crippen LogP contribution in [0.4, 0.5) is 5.69 Å². The third kappa shape index (κ3) is 2.11. The first kappa shape index (κ1) is 12.6. The molecule has 0 bridgehead atoms. The lowest BCUT2D eigenvalue weighted by molar-refractivity contribution is -0.117. The van der Waals surface area contributed by atoms with Gasteiger partial charge in [-0.25, -0.2) is 0 Å². The van der Waals surface area contributed by atoms with E-state index in [4.69, 9.17) is 0 Å². The topological polar surface area (TPSA) is 40.5 Å². The minimum atomic E-state index is -0.341. The minimum Gasteiger partial charge on any atom is -0.396 e. The van der Waals surface area contributed by atoms with Crippen molar-refractivity contribution in [3.8, 4) is 0 Å². The monoisotopic (exact) mass is 297 g/mol. The maximum absolute atomic E-state index is 12.1. The molecule has 1 N–H and O–H groups in total. The summed E-state index contributed by atoms with van der Waals surface area (Å²) in [5.74, 6) is 0.0705. The number of carbonyl (C=O) groups is 1. The number of amides is 1. The predicted molar refractivity (Wildman–Crippen MR) is 70.9 cm³/mol. The van der Waals surface area contributed by atoms with Crippen LogP contribution in [0, 0.1) is 5.92 Å². The lowest BCUT2D eigenvalue weighted by atomic mass is 9.89. The molecule has 3 nitrogen and oxygen atoms in total. The second-order valence-electron chi connectivity index (χ2n) is 4.95. The summed E-state index contributed by atoms with van der Waals surface area (Å²) in [7, 11) is 0. The van der Waals surface area contributed by atoms with E-state index in [0.717, 1.165) is 10.2 Å². The van der Waals surface area contributed by atoms with Crippen molar-refractivity contribution in [2.75, 3.05) is 11.5 Å². The molecule has 0 radical (unpaired) electrons. The number of nitrogens with zero attached hydrogens (tertiary/aromatic N) is 1. The van der Waals surface area contributed by atoms with Crippen LogP contribution in [-0.2, 0) is 4.79 Å². The number of rotatable bonds is 2. The SMILES string of the molecule is CC1(C)C(CO)CC(=O)N1c1cccc(Br)c1. The second kappa shape index (κ2) is 4.42. The number of benzene rings is 1.